The highest BCUT2D eigenvalue weighted by Crippen LogP contribution is 2.19. The minimum atomic E-state index is 0.447. The Balaban J connectivity index is 2.76. The fourth-order valence-corrected chi connectivity index (χ4v) is 1.89. The van der Waals surface area contributed by atoms with Gasteiger partial charge in [0, 0.05) is 13.1 Å². The van der Waals surface area contributed by atoms with Crippen molar-refractivity contribution in [3.63, 3.8) is 0 Å². The molecule has 86 valence electrons. The second-order valence-electron chi connectivity index (χ2n) is 4.02. The molecule has 1 rings (SSSR count). The Kier molecular flexibility index (Phi) is 4.82. The van der Waals surface area contributed by atoms with Gasteiger partial charge in [-0.15, -0.1) is 0 Å². The van der Waals surface area contributed by atoms with E-state index in [9.17, 15) is 0 Å². The molecule has 0 aliphatic rings. The van der Waals surface area contributed by atoms with Crippen molar-refractivity contribution in [3.05, 3.63) is 17.5 Å². The summed E-state index contributed by atoms with van der Waals surface area (Å²) in [4.78, 5) is 0. The molecule has 0 radical (unpaired) electrons. The molecule has 0 saturated heterocycles. The van der Waals surface area contributed by atoms with Gasteiger partial charge in [-0.3, -0.25) is 4.68 Å². The number of nitrogens with one attached hydrogen (secondary N) is 1. The Bertz CT molecular complexity index is 291. The highest BCUT2D eigenvalue weighted by molar-refractivity contribution is 5.14. The van der Waals surface area contributed by atoms with Crippen molar-refractivity contribution in [2.75, 3.05) is 7.05 Å². The molecule has 0 spiro atoms. The van der Waals surface area contributed by atoms with Gasteiger partial charge in [0.15, 0.2) is 0 Å². The van der Waals surface area contributed by atoms with Crippen LogP contribution in [0.2, 0.25) is 0 Å². The van der Waals surface area contributed by atoms with Crippen LogP contribution in [0.15, 0.2) is 6.07 Å². The topological polar surface area (TPSA) is 29.9 Å². The number of unbranched alkanes of at least 4 members (excludes halogenated alkanes) is 1. The first kappa shape index (κ1) is 12.2. The molecule has 1 aromatic rings. The summed E-state index contributed by atoms with van der Waals surface area (Å²) in [6.45, 7) is 4.37. The lowest BCUT2D eigenvalue weighted by atomic mass is 10.1. The summed E-state index contributed by atoms with van der Waals surface area (Å²) >= 11 is 0. The first-order chi connectivity index (χ1) is 7.22. The number of aryl methyl sites for hydroxylation is 2. The molecule has 1 aromatic heterocycles. The van der Waals surface area contributed by atoms with E-state index in [1.807, 2.05) is 18.8 Å². The molecule has 0 aliphatic carbocycles. The van der Waals surface area contributed by atoms with E-state index in [0.29, 0.717) is 6.04 Å². The standard InChI is InChI=1S/C12H23N3/c1-5-7-8-11(13-3)12-9-10(6-2)14-15(12)4/h9,11,13H,5-8H2,1-4H3. The highest BCUT2D eigenvalue weighted by Gasteiger charge is 2.13. The Morgan fingerprint density at radius 3 is 2.67 bits per heavy atom. The molecule has 1 atom stereocenters. The van der Waals surface area contributed by atoms with Gasteiger partial charge in [0.05, 0.1) is 11.4 Å². The maximum atomic E-state index is 4.48. The van der Waals surface area contributed by atoms with E-state index in [-0.39, 0.29) is 0 Å². The SMILES string of the molecule is CCCCC(NC)c1cc(CC)nn1C. The van der Waals surface area contributed by atoms with Crippen LogP contribution in [0.4, 0.5) is 0 Å². The first-order valence-electron chi connectivity index (χ1n) is 5.93. The van der Waals surface area contributed by atoms with Crippen LogP contribution in [0.1, 0.15) is 50.5 Å². The lowest BCUT2D eigenvalue weighted by molar-refractivity contribution is 0.487. The molecule has 0 aromatic carbocycles. The molecule has 0 fully saturated rings. The molecule has 0 bridgehead atoms. The van der Waals surface area contributed by atoms with Gasteiger partial charge >= 0.3 is 0 Å². The Morgan fingerprint density at radius 2 is 2.20 bits per heavy atom. The normalized spacial score (nSPS) is 13.1. The van der Waals surface area contributed by atoms with Crippen LogP contribution in [0.3, 0.4) is 0 Å². The van der Waals surface area contributed by atoms with Crippen LogP contribution < -0.4 is 5.32 Å². The Labute approximate surface area is 92.9 Å². The molecule has 0 saturated carbocycles. The summed E-state index contributed by atoms with van der Waals surface area (Å²) in [7, 11) is 4.06. The minimum Gasteiger partial charge on any atom is -0.312 e. The number of hydrogen-bond acceptors (Lipinski definition) is 2. The van der Waals surface area contributed by atoms with Gasteiger partial charge in [-0.05, 0) is 26.0 Å². The molecule has 15 heavy (non-hydrogen) atoms. The molecule has 1 unspecified atom stereocenters. The van der Waals surface area contributed by atoms with Crippen LogP contribution in [0, 0.1) is 0 Å². The summed E-state index contributed by atoms with van der Waals surface area (Å²) < 4.78 is 2.01. The number of aromatic nitrogens is 2. The second kappa shape index (κ2) is 5.91. The molecular formula is C12H23N3. The van der Waals surface area contributed by atoms with Gasteiger partial charge in [0.1, 0.15) is 0 Å². The monoisotopic (exact) mass is 209 g/mol. The van der Waals surface area contributed by atoms with E-state index >= 15 is 0 Å². The van der Waals surface area contributed by atoms with Gasteiger partial charge in [-0.2, -0.15) is 5.10 Å². The van der Waals surface area contributed by atoms with Crippen molar-refractivity contribution < 1.29 is 0 Å². The molecule has 3 nitrogen and oxygen atoms in total. The first-order valence-corrected chi connectivity index (χ1v) is 5.93. The fraction of sp³-hybridized carbons (Fsp3) is 0.750. The smallest absolute Gasteiger partial charge is 0.0625 e. The van der Waals surface area contributed by atoms with Crippen molar-refractivity contribution in [2.45, 2.75) is 45.6 Å². The van der Waals surface area contributed by atoms with Crippen LogP contribution in [-0.2, 0) is 13.5 Å². The van der Waals surface area contributed by atoms with Gasteiger partial charge in [0.2, 0.25) is 0 Å². The van der Waals surface area contributed by atoms with E-state index in [1.165, 1.54) is 30.7 Å². The zero-order valence-corrected chi connectivity index (χ0v) is 10.4. The maximum absolute atomic E-state index is 4.48. The van der Waals surface area contributed by atoms with Gasteiger partial charge < -0.3 is 5.32 Å². The van der Waals surface area contributed by atoms with E-state index in [1.54, 1.807) is 0 Å². The summed E-state index contributed by atoms with van der Waals surface area (Å²) in [5.41, 5.74) is 2.49. The molecule has 0 aliphatic heterocycles. The summed E-state index contributed by atoms with van der Waals surface area (Å²) in [6, 6.07) is 2.67. The summed E-state index contributed by atoms with van der Waals surface area (Å²) in [5, 5.41) is 7.85. The zero-order chi connectivity index (χ0) is 11.3. The molecule has 0 amide bonds. The van der Waals surface area contributed by atoms with E-state index in [4.69, 9.17) is 0 Å². The average Bonchev–Trinajstić information content (AvgIpc) is 2.61. The molecule has 1 N–H and O–H groups in total. The van der Waals surface area contributed by atoms with E-state index in [0.717, 1.165) is 6.42 Å². The Morgan fingerprint density at radius 1 is 1.47 bits per heavy atom. The molecular weight excluding hydrogens is 186 g/mol. The predicted octanol–water partition coefficient (Wildman–Crippen LogP) is 2.43. The third kappa shape index (κ3) is 3.06. The number of nitrogens with zero attached hydrogens (tertiary/aromatic N) is 2. The van der Waals surface area contributed by atoms with Crippen LogP contribution in [0.25, 0.3) is 0 Å². The summed E-state index contributed by atoms with van der Waals surface area (Å²) in [6.07, 6.45) is 4.71. The van der Waals surface area contributed by atoms with E-state index < -0.39 is 0 Å². The highest BCUT2D eigenvalue weighted by atomic mass is 15.3. The predicted molar refractivity (Wildman–Crippen MR) is 63.9 cm³/mol. The number of hydrogen-bond donors (Lipinski definition) is 1. The largest absolute Gasteiger partial charge is 0.312 e. The third-order valence-electron chi connectivity index (χ3n) is 2.88. The fourth-order valence-electron chi connectivity index (χ4n) is 1.89. The zero-order valence-electron chi connectivity index (χ0n) is 10.4. The van der Waals surface area contributed by atoms with Crippen molar-refractivity contribution in [1.82, 2.24) is 15.1 Å². The van der Waals surface area contributed by atoms with Crippen molar-refractivity contribution in [2.24, 2.45) is 7.05 Å². The summed E-state index contributed by atoms with van der Waals surface area (Å²) in [5.74, 6) is 0. The van der Waals surface area contributed by atoms with Gasteiger partial charge in [-0.25, -0.2) is 0 Å². The van der Waals surface area contributed by atoms with Crippen LogP contribution in [-0.4, -0.2) is 16.8 Å². The average molecular weight is 209 g/mol. The van der Waals surface area contributed by atoms with Crippen LogP contribution >= 0.6 is 0 Å². The molecule has 1 heterocycles. The van der Waals surface area contributed by atoms with Gasteiger partial charge in [-0.1, -0.05) is 26.7 Å². The molecule has 3 heteroatoms. The lowest BCUT2D eigenvalue weighted by Crippen LogP contribution is -2.19. The quantitative estimate of drug-likeness (QED) is 0.780. The maximum Gasteiger partial charge on any atom is 0.0625 e. The van der Waals surface area contributed by atoms with E-state index in [2.05, 4.69) is 30.3 Å². The second-order valence-corrected chi connectivity index (χ2v) is 4.02. The lowest BCUT2D eigenvalue weighted by Gasteiger charge is -2.15. The Hall–Kier alpha value is -0.830. The third-order valence-corrected chi connectivity index (χ3v) is 2.88. The minimum absolute atomic E-state index is 0.447. The van der Waals surface area contributed by atoms with Gasteiger partial charge in [0.25, 0.3) is 0 Å². The van der Waals surface area contributed by atoms with Crippen molar-refractivity contribution in [1.29, 1.82) is 0 Å². The number of rotatable bonds is 6. The van der Waals surface area contributed by atoms with Crippen molar-refractivity contribution >= 4 is 0 Å². The van der Waals surface area contributed by atoms with Crippen molar-refractivity contribution in [3.8, 4) is 0 Å². The van der Waals surface area contributed by atoms with Crippen LogP contribution in [0.5, 0.6) is 0 Å².